The van der Waals surface area contributed by atoms with Crippen LogP contribution in [0.15, 0.2) is 12.7 Å². The highest BCUT2D eigenvalue weighted by atomic mass is 16.2. The fraction of sp³-hybridized carbons (Fsp3) is 0.600. The normalized spacial score (nSPS) is 8.17. The standard InChI is InChI=1S/C5H9O/c1-2-3-4-5-6/h2H,1,3-5H2. The first-order chi connectivity index (χ1) is 2.91. The highest BCUT2D eigenvalue weighted by Crippen LogP contribution is 1.84. The van der Waals surface area contributed by atoms with Crippen molar-refractivity contribution in [3.05, 3.63) is 12.7 Å². The van der Waals surface area contributed by atoms with Crippen molar-refractivity contribution in [2.24, 2.45) is 0 Å². The van der Waals surface area contributed by atoms with Crippen LogP contribution in [-0.4, -0.2) is 6.61 Å². The van der Waals surface area contributed by atoms with Gasteiger partial charge < -0.3 is 0 Å². The molecule has 0 atom stereocenters. The van der Waals surface area contributed by atoms with Crippen LogP contribution in [0, 0.1) is 0 Å². The van der Waals surface area contributed by atoms with E-state index in [1.54, 1.807) is 6.08 Å². The molecule has 0 amide bonds. The molecule has 0 fully saturated rings. The second-order valence-electron chi connectivity index (χ2n) is 1.14. The van der Waals surface area contributed by atoms with E-state index in [-0.39, 0.29) is 6.61 Å². The maximum absolute atomic E-state index is 9.64. The Hall–Kier alpha value is -0.300. The average molecular weight is 85.1 g/mol. The number of unbranched alkanes of at least 4 members (excludes halogenated alkanes) is 1. The van der Waals surface area contributed by atoms with Gasteiger partial charge >= 0.3 is 0 Å². The summed E-state index contributed by atoms with van der Waals surface area (Å²) < 4.78 is 0. The predicted octanol–water partition coefficient (Wildman–Crippen LogP) is 1.38. The molecule has 0 aliphatic carbocycles. The molecule has 0 aromatic heterocycles. The van der Waals surface area contributed by atoms with Gasteiger partial charge in [-0.1, -0.05) is 6.08 Å². The zero-order valence-electron chi connectivity index (χ0n) is 3.81. The quantitative estimate of drug-likeness (QED) is 0.364. The van der Waals surface area contributed by atoms with Crippen molar-refractivity contribution in [3.8, 4) is 0 Å². The van der Waals surface area contributed by atoms with Crippen molar-refractivity contribution in [2.45, 2.75) is 12.8 Å². The van der Waals surface area contributed by atoms with E-state index >= 15 is 0 Å². The molecule has 0 rings (SSSR count). The molecule has 0 heterocycles. The van der Waals surface area contributed by atoms with E-state index in [1.165, 1.54) is 0 Å². The van der Waals surface area contributed by atoms with Crippen LogP contribution in [0.3, 0.4) is 0 Å². The van der Waals surface area contributed by atoms with Gasteiger partial charge in [-0.25, -0.2) is 5.11 Å². The Kier molecular flexibility index (Phi) is 4.46. The summed E-state index contributed by atoms with van der Waals surface area (Å²) in [6, 6.07) is 0. The van der Waals surface area contributed by atoms with E-state index in [4.69, 9.17) is 0 Å². The summed E-state index contributed by atoms with van der Waals surface area (Å²) in [5, 5.41) is 9.64. The molecular weight excluding hydrogens is 76.1 g/mol. The summed E-state index contributed by atoms with van der Waals surface area (Å²) in [5.41, 5.74) is 0. The number of allylic oxidation sites excluding steroid dienone is 1. The Bertz CT molecular complexity index is 32.9. The Morgan fingerprint density at radius 2 is 2.33 bits per heavy atom. The van der Waals surface area contributed by atoms with Crippen LogP contribution in [0.2, 0.25) is 0 Å². The van der Waals surface area contributed by atoms with E-state index in [0.717, 1.165) is 12.8 Å². The van der Waals surface area contributed by atoms with Crippen molar-refractivity contribution in [1.82, 2.24) is 0 Å². The molecule has 0 saturated heterocycles. The van der Waals surface area contributed by atoms with Crippen molar-refractivity contribution in [2.75, 3.05) is 6.61 Å². The van der Waals surface area contributed by atoms with Gasteiger partial charge in [0.2, 0.25) is 0 Å². The fourth-order valence-electron chi connectivity index (χ4n) is 0.228. The number of hydrogen-bond donors (Lipinski definition) is 0. The fourth-order valence-corrected chi connectivity index (χ4v) is 0.228. The summed E-state index contributed by atoms with van der Waals surface area (Å²) in [7, 11) is 0. The molecule has 0 aliphatic heterocycles. The average Bonchev–Trinajstić information content (AvgIpc) is 1.61. The molecule has 0 saturated carbocycles. The van der Waals surface area contributed by atoms with Gasteiger partial charge in [0.1, 0.15) is 0 Å². The summed E-state index contributed by atoms with van der Waals surface area (Å²) in [6.45, 7) is 3.49. The highest BCUT2D eigenvalue weighted by molar-refractivity contribution is 4.64. The summed E-state index contributed by atoms with van der Waals surface area (Å²) in [4.78, 5) is 0. The Morgan fingerprint density at radius 3 is 2.50 bits per heavy atom. The molecule has 35 valence electrons. The molecule has 0 spiro atoms. The van der Waals surface area contributed by atoms with Crippen LogP contribution in [0.1, 0.15) is 12.8 Å². The lowest BCUT2D eigenvalue weighted by Gasteiger charge is -1.79. The van der Waals surface area contributed by atoms with Crippen molar-refractivity contribution >= 4 is 0 Å². The minimum absolute atomic E-state index is 0.0337. The Labute approximate surface area is 38.3 Å². The topological polar surface area (TPSA) is 19.9 Å². The summed E-state index contributed by atoms with van der Waals surface area (Å²) in [5.74, 6) is 0. The lowest BCUT2D eigenvalue weighted by Crippen LogP contribution is -1.74. The molecule has 1 heteroatoms. The van der Waals surface area contributed by atoms with Crippen molar-refractivity contribution in [1.29, 1.82) is 0 Å². The van der Waals surface area contributed by atoms with E-state index in [1.807, 2.05) is 0 Å². The Morgan fingerprint density at radius 1 is 1.67 bits per heavy atom. The van der Waals surface area contributed by atoms with Gasteiger partial charge in [0.25, 0.3) is 0 Å². The van der Waals surface area contributed by atoms with Gasteiger partial charge in [0.15, 0.2) is 0 Å². The molecule has 6 heavy (non-hydrogen) atoms. The largest absolute Gasteiger partial charge is 0.237 e. The smallest absolute Gasteiger partial charge is 0.0825 e. The third-order valence-electron chi connectivity index (χ3n) is 0.553. The third-order valence-corrected chi connectivity index (χ3v) is 0.553. The second kappa shape index (κ2) is 4.70. The molecule has 0 aliphatic rings. The minimum atomic E-state index is 0.0337. The summed E-state index contributed by atoms with van der Waals surface area (Å²) in [6.07, 6.45) is 3.37. The van der Waals surface area contributed by atoms with Gasteiger partial charge in [-0.3, -0.25) is 0 Å². The first kappa shape index (κ1) is 5.70. The molecule has 0 aromatic carbocycles. The first-order valence-electron chi connectivity index (χ1n) is 2.11. The van der Waals surface area contributed by atoms with E-state index in [2.05, 4.69) is 6.58 Å². The Balaban J connectivity index is 2.49. The zero-order chi connectivity index (χ0) is 4.83. The predicted molar refractivity (Wildman–Crippen MR) is 25.0 cm³/mol. The van der Waals surface area contributed by atoms with E-state index in [0.29, 0.717) is 0 Å². The van der Waals surface area contributed by atoms with Crippen LogP contribution >= 0.6 is 0 Å². The van der Waals surface area contributed by atoms with Gasteiger partial charge in [-0.15, -0.1) is 6.58 Å². The summed E-state index contributed by atoms with van der Waals surface area (Å²) >= 11 is 0. The molecular formula is C5H9O. The molecule has 1 nitrogen and oxygen atoms in total. The van der Waals surface area contributed by atoms with Crippen molar-refractivity contribution < 1.29 is 5.11 Å². The van der Waals surface area contributed by atoms with E-state index < -0.39 is 0 Å². The van der Waals surface area contributed by atoms with Gasteiger partial charge in [0, 0.05) is 0 Å². The number of rotatable bonds is 3. The lowest BCUT2D eigenvalue weighted by atomic mass is 10.3. The first-order valence-corrected chi connectivity index (χ1v) is 2.11. The third kappa shape index (κ3) is 3.70. The van der Waals surface area contributed by atoms with Gasteiger partial charge in [0.05, 0.1) is 6.61 Å². The van der Waals surface area contributed by atoms with Crippen LogP contribution < -0.4 is 0 Å². The molecule has 0 bridgehead atoms. The highest BCUT2D eigenvalue weighted by Gasteiger charge is 1.74. The minimum Gasteiger partial charge on any atom is -0.237 e. The van der Waals surface area contributed by atoms with Crippen LogP contribution in [0.25, 0.3) is 0 Å². The molecule has 1 radical (unpaired) electrons. The molecule has 0 N–H and O–H groups in total. The maximum Gasteiger partial charge on any atom is 0.0825 e. The lowest BCUT2D eigenvalue weighted by molar-refractivity contribution is 0.190. The number of hydrogen-bond acceptors (Lipinski definition) is 0. The monoisotopic (exact) mass is 85.1 g/mol. The van der Waals surface area contributed by atoms with Crippen LogP contribution in [-0.2, 0) is 5.11 Å². The molecule has 0 aromatic rings. The maximum atomic E-state index is 9.64. The van der Waals surface area contributed by atoms with Gasteiger partial charge in [-0.05, 0) is 12.8 Å². The van der Waals surface area contributed by atoms with E-state index in [9.17, 15) is 5.11 Å². The second-order valence-corrected chi connectivity index (χ2v) is 1.14. The zero-order valence-corrected chi connectivity index (χ0v) is 3.81. The van der Waals surface area contributed by atoms with Crippen molar-refractivity contribution in [3.63, 3.8) is 0 Å². The molecule has 0 unspecified atom stereocenters. The SMILES string of the molecule is C=CCCC[O]. The van der Waals surface area contributed by atoms with Crippen LogP contribution in [0.4, 0.5) is 0 Å². The van der Waals surface area contributed by atoms with Crippen LogP contribution in [0.5, 0.6) is 0 Å². The van der Waals surface area contributed by atoms with Gasteiger partial charge in [-0.2, -0.15) is 0 Å².